The average Bonchev–Trinajstić information content (AvgIpc) is 2.18. The first-order chi connectivity index (χ1) is 6.94. The Morgan fingerprint density at radius 1 is 1.33 bits per heavy atom. The second-order valence-corrected chi connectivity index (χ2v) is 4.97. The molecule has 82 valence electrons. The van der Waals surface area contributed by atoms with E-state index in [9.17, 15) is 13.2 Å². The van der Waals surface area contributed by atoms with E-state index < -0.39 is 15.9 Å². The highest BCUT2D eigenvalue weighted by Crippen LogP contribution is 2.05. The van der Waals surface area contributed by atoms with E-state index in [1.807, 2.05) is 4.72 Å². The summed E-state index contributed by atoms with van der Waals surface area (Å²) in [4.78, 5) is 11.4. The standard InChI is InChI=1S/C9H12N2O3S/c1-2-15(13,14)11-9(12)7-3-5-8(10)6-4-7/h3-6H,2,10H2,1H3,(H,11,12). The molecule has 0 bridgehead atoms. The van der Waals surface area contributed by atoms with E-state index in [1.54, 1.807) is 0 Å². The largest absolute Gasteiger partial charge is 0.399 e. The number of amides is 1. The Labute approximate surface area is 88.3 Å². The molecule has 1 aromatic rings. The molecule has 0 aromatic heterocycles. The van der Waals surface area contributed by atoms with Gasteiger partial charge < -0.3 is 5.73 Å². The number of hydrogen-bond donors (Lipinski definition) is 2. The van der Waals surface area contributed by atoms with Gasteiger partial charge in [0, 0.05) is 11.3 Å². The van der Waals surface area contributed by atoms with Crippen LogP contribution in [-0.2, 0) is 10.0 Å². The summed E-state index contributed by atoms with van der Waals surface area (Å²) >= 11 is 0. The molecule has 0 saturated carbocycles. The van der Waals surface area contributed by atoms with Crippen molar-refractivity contribution in [2.75, 3.05) is 11.5 Å². The molecule has 1 rings (SSSR count). The van der Waals surface area contributed by atoms with Crippen LogP contribution in [-0.4, -0.2) is 20.1 Å². The first-order valence-electron chi connectivity index (χ1n) is 4.35. The fourth-order valence-electron chi connectivity index (χ4n) is 0.907. The van der Waals surface area contributed by atoms with Gasteiger partial charge in [0.1, 0.15) is 0 Å². The Morgan fingerprint density at radius 3 is 2.33 bits per heavy atom. The molecule has 6 heteroatoms. The zero-order chi connectivity index (χ0) is 11.5. The number of anilines is 1. The number of nitrogen functional groups attached to an aromatic ring is 1. The van der Waals surface area contributed by atoms with Gasteiger partial charge in [0.15, 0.2) is 0 Å². The van der Waals surface area contributed by atoms with Crippen LogP contribution in [0.4, 0.5) is 5.69 Å². The molecular weight excluding hydrogens is 216 g/mol. The van der Waals surface area contributed by atoms with Crippen molar-refractivity contribution >= 4 is 21.6 Å². The highest BCUT2D eigenvalue weighted by Gasteiger charge is 2.13. The summed E-state index contributed by atoms with van der Waals surface area (Å²) in [5.74, 6) is -0.773. The zero-order valence-electron chi connectivity index (χ0n) is 8.23. The molecule has 0 fully saturated rings. The lowest BCUT2D eigenvalue weighted by atomic mass is 10.2. The van der Waals surface area contributed by atoms with Gasteiger partial charge in [-0.25, -0.2) is 13.1 Å². The van der Waals surface area contributed by atoms with Gasteiger partial charge in [-0.1, -0.05) is 0 Å². The molecule has 0 heterocycles. The van der Waals surface area contributed by atoms with Crippen molar-refractivity contribution in [3.63, 3.8) is 0 Å². The summed E-state index contributed by atoms with van der Waals surface area (Å²) in [6.45, 7) is 1.46. The zero-order valence-corrected chi connectivity index (χ0v) is 9.04. The van der Waals surface area contributed by atoms with Gasteiger partial charge in [-0.2, -0.15) is 0 Å². The van der Waals surface area contributed by atoms with Crippen molar-refractivity contribution in [2.45, 2.75) is 6.92 Å². The summed E-state index contributed by atoms with van der Waals surface area (Å²) in [7, 11) is -3.51. The number of carbonyl (C=O) groups is 1. The van der Waals surface area contributed by atoms with Crippen LogP contribution in [0, 0.1) is 0 Å². The normalized spacial score (nSPS) is 11.0. The molecule has 5 nitrogen and oxygen atoms in total. The minimum absolute atomic E-state index is 0.131. The molecule has 3 N–H and O–H groups in total. The minimum Gasteiger partial charge on any atom is -0.399 e. The van der Waals surface area contributed by atoms with Crippen LogP contribution in [0.25, 0.3) is 0 Å². The Hall–Kier alpha value is -1.56. The smallest absolute Gasteiger partial charge is 0.264 e. The van der Waals surface area contributed by atoms with Gasteiger partial charge in [-0.3, -0.25) is 4.79 Å². The quantitative estimate of drug-likeness (QED) is 0.730. The second-order valence-electron chi connectivity index (χ2n) is 2.96. The fourth-order valence-corrected chi connectivity index (χ4v) is 1.45. The maximum Gasteiger partial charge on any atom is 0.264 e. The van der Waals surface area contributed by atoms with E-state index in [-0.39, 0.29) is 11.3 Å². The lowest BCUT2D eigenvalue weighted by Gasteiger charge is -2.04. The maximum atomic E-state index is 11.4. The molecule has 0 radical (unpaired) electrons. The summed E-state index contributed by atoms with van der Waals surface area (Å²) in [6, 6.07) is 6.01. The number of sulfonamides is 1. The van der Waals surface area contributed by atoms with Crippen molar-refractivity contribution in [3.8, 4) is 0 Å². The summed E-state index contributed by atoms with van der Waals surface area (Å²) in [5, 5.41) is 0. The molecule has 15 heavy (non-hydrogen) atoms. The topological polar surface area (TPSA) is 89.3 Å². The molecule has 0 aliphatic heterocycles. The summed E-state index contributed by atoms with van der Waals surface area (Å²) in [5.41, 5.74) is 6.21. The minimum atomic E-state index is -3.51. The average molecular weight is 228 g/mol. The number of carbonyl (C=O) groups excluding carboxylic acids is 1. The third-order valence-corrected chi connectivity index (χ3v) is 3.06. The molecule has 0 saturated heterocycles. The van der Waals surface area contributed by atoms with Gasteiger partial charge in [-0.15, -0.1) is 0 Å². The highest BCUT2D eigenvalue weighted by molar-refractivity contribution is 7.90. The van der Waals surface area contributed by atoms with E-state index in [4.69, 9.17) is 5.73 Å². The van der Waals surface area contributed by atoms with E-state index in [0.717, 1.165) is 0 Å². The van der Waals surface area contributed by atoms with Gasteiger partial charge in [0.2, 0.25) is 10.0 Å². The first kappa shape index (κ1) is 11.5. The van der Waals surface area contributed by atoms with E-state index in [1.165, 1.54) is 31.2 Å². The molecule has 1 amide bonds. The van der Waals surface area contributed by atoms with Crippen LogP contribution >= 0.6 is 0 Å². The number of hydrogen-bond acceptors (Lipinski definition) is 4. The fraction of sp³-hybridized carbons (Fsp3) is 0.222. The number of benzene rings is 1. The molecule has 0 atom stereocenters. The third-order valence-electron chi connectivity index (χ3n) is 1.80. The van der Waals surface area contributed by atoms with Crippen molar-refractivity contribution in [1.82, 2.24) is 4.72 Å². The second kappa shape index (κ2) is 4.31. The highest BCUT2D eigenvalue weighted by atomic mass is 32.2. The number of nitrogens with two attached hydrogens (primary N) is 1. The van der Waals surface area contributed by atoms with Crippen molar-refractivity contribution in [1.29, 1.82) is 0 Å². The Morgan fingerprint density at radius 2 is 1.87 bits per heavy atom. The van der Waals surface area contributed by atoms with Crippen LogP contribution in [0.3, 0.4) is 0 Å². The molecule has 0 aliphatic rings. The number of rotatable bonds is 3. The number of nitrogens with one attached hydrogen (secondary N) is 1. The molecule has 0 unspecified atom stereocenters. The van der Waals surface area contributed by atoms with E-state index >= 15 is 0 Å². The Bertz CT molecular complexity index is 451. The predicted molar refractivity (Wildman–Crippen MR) is 57.8 cm³/mol. The van der Waals surface area contributed by atoms with E-state index in [0.29, 0.717) is 5.69 Å². The third kappa shape index (κ3) is 3.25. The summed E-state index contributed by atoms with van der Waals surface area (Å²) in [6.07, 6.45) is 0. The van der Waals surface area contributed by atoms with Crippen molar-refractivity contribution < 1.29 is 13.2 Å². The first-order valence-corrected chi connectivity index (χ1v) is 6.00. The Kier molecular flexibility index (Phi) is 3.31. The van der Waals surface area contributed by atoms with Crippen LogP contribution in [0.1, 0.15) is 17.3 Å². The lowest BCUT2D eigenvalue weighted by molar-refractivity contribution is 0.0981. The summed E-state index contributed by atoms with van der Waals surface area (Å²) < 4.78 is 24.1. The predicted octanol–water partition coefficient (Wildman–Crippen LogP) is 0.348. The monoisotopic (exact) mass is 228 g/mol. The van der Waals surface area contributed by atoms with Crippen molar-refractivity contribution in [2.24, 2.45) is 0 Å². The van der Waals surface area contributed by atoms with Gasteiger partial charge in [-0.05, 0) is 31.2 Å². The molecular formula is C9H12N2O3S. The lowest BCUT2D eigenvalue weighted by Crippen LogP contribution is -2.31. The van der Waals surface area contributed by atoms with Gasteiger partial charge in [0.25, 0.3) is 5.91 Å². The Balaban J connectivity index is 2.83. The van der Waals surface area contributed by atoms with Crippen LogP contribution in [0.15, 0.2) is 24.3 Å². The molecule has 0 spiro atoms. The van der Waals surface area contributed by atoms with E-state index in [2.05, 4.69) is 0 Å². The van der Waals surface area contributed by atoms with Gasteiger partial charge >= 0.3 is 0 Å². The maximum absolute atomic E-state index is 11.4. The van der Waals surface area contributed by atoms with Crippen molar-refractivity contribution in [3.05, 3.63) is 29.8 Å². The van der Waals surface area contributed by atoms with Crippen LogP contribution in [0.5, 0.6) is 0 Å². The molecule has 0 aliphatic carbocycles. The molecule has 1 aromatic carbocycles. The van der Waals surface area contributed by atoms with Crippen LogP contribution < -0.4 is 10.5 Å². The van der Waals surface area contributed by atoms with Crippen LogP contribution in [0.2, 0.25) is 0 Å². The van der Waals surface area contributed by atoms with Gasteiger partial charge in [0.05, 0.1) is 5.75 Å². The SMILES string of the molecule is CCS(=O)(=O)NC(=O)c1ccc(N)cc1.